The fraction of sp³-hybridized carbons (Fsp3) is 0.286. The van der Waals surface area contributed by atoms with Crippen LogP contribution in [0.15, 0.2) is 30.3 Å². The van der Waals surface area contributed by atoms with Crippen LogP contribution in [0.1, 0.15) is 26.0 Å². The Morgan fingerprint density at radius 1 is 1.27 bits per heavy atom. The van der Waals surface area contributed by atoms with E-state index in [-0.39, 0.29) is 0 Å². The van der Waals surface area contributed by atoms with Gasteiger partial charge in [-0.15, -0.1) is 0 Å². The van der Waals surface area contributed by atoms with Crippen LogP contribution in [0.2, 0.25) is 0 Å². The molecule has 1 nitrogen and oxygen atoms in total. The van der Waals surface area contributed by atoms with Crippen molar-refractivity contribution < 1.29 is 0 Å². The lowest BCUT2D eigenvalue weighted by Gasteiger charge is -1.92. The third-order valence-electron chi connectivity index (χ3n) is 2.26. The van der Waals surface area contributed by atoms with Crippen molar-refractivity contribution in [2.75, 3.05) is 0 Å². The molecule has 1 aromatic carbocycles. The second-order valence-electron chi connectivity index (χ2n) is 4.17. The number of nitrogens with one attached hydrogen (secondary N) is 1. The van der Waals surface area contributed by atoms with E-state index >= 15 is 0 Å². The van der Waals surface area contributed by atoms with Crippen LogP contribution in [-0.2, 0) is 0 Å². The van der Waals surface area contributed by atoms with Crippen molar-refractivity contribution in [1.82, 2.24) is 4.98 Å². The summed E-state index contributed by atoms with van der Waals surface area (Å²) in [4.78, 5) is 3.30. The average Bonchev–Trinajstić information content (AvgIpc) is 2.59. The molecule has 0 radical (unpaired) electrons. The highest BCUT2D eigenvalue weighted by molar-refractivity contribution is 5.81. The van der Waals surface area contributed by atoms with Crippen molar-refractivity contribution in [3.8, 4) is 11.8 Å². The Kier molecular flexibility index (Phi) is 2.78. The second-order valence-corrected chi connectivity index (χ2v) is 4.17. The average molecular weight is 197 g/mol. The summed E-state index contributed by atoms with van der Waals surface area (Å²) < 4.78 is 0. The van der Waals surface area contributed by atoms with Gasteiger partial charge in [0.1, 0.15) is 0 Å². The van der Waals surface area contributed by atoms with Gasteiger partial charge in [-0.2, -0.15) is 0 Å². The van der Waals surface area contributed by atoms with Crippen LogP contribution in [0, 0.1) is 17.8 Å². The van der Waals surface area contributed by atoms with Crippen molar-refractivity contribution in [3.05, 3.63) is 36.0 Å². The molecule has 0 aliphatic rings. The minimum atomic E-state index is 0.641. The van der Waals surface area contributed by atoms with Gasteiger partial charge >= 0.3 is 0 Å². The minimum absolute atomic E-state index is 0.641. The van der Waals surface area contributed by atoms with Crippen molar-refractivity contribution in [2.45, 2.75) is 20.3 Å². The first-order valence-corrected chi connectivity index (χ1v) is 5.32. The van der Waals surface area contributed by atoms with Gasteiger partial charge in [-0.25, -0.2) is 0 Å². The Labute approximate surface area is 90.5 Å². The van der Waals surface area contributed by atoms with E-state index in [2.05, 4.69) is 48.9 Å². The van der Waals surface area contributed by atoms with E-state index in [4.69, 9.17) is 0 Å². The van der Waals surface area contributed by atoms with E-state index in [1.807, 2.05) is 12.1 Å². The summed E-state index contributed by atoms with van der Waals surface area (Å²) >= 11 is 0. The molecule has 0 fully saturated rings. The zero-order chi connectivity index (χ0) is 10.7. The van der Waals surface area contributed by atoms with Gasteiger partial charge in [-0.3, -0.25) is 0 Å². The number of hydrogen-bond donors (Lipinski definition) is 1. The topological polar surface area (TPSA) is 15.8 Å². The fourth-order valence-electron chi connectivity index (χ4n) is 1.49. The summed E-state index contributed by atoms with van der Waals surface area (Å²) in [6.45, 7) is 4.36. The standard InChI is InChI=1S/C14H15N/c1-11(2)6-5-8-13-10-12-7-3-4-9-14(12)15-13/h3-4,7,9-11,15H,6H2,1-2H3. The van der Waals surface area contributed by atoms with E-state index in [1.54, 1.807) is 0 Å². The lowest BCUT2D eigenvalue weighted by molar-refractivity contribution is 0.676. The summed E-state index contributed by atoms with van der Waals surface area (Å²) in [5.41, 5.74) is 2.17. The van der Waals surface area contributed by atoms with Crippen molar-refractivity contribution in [2.24, 2.45) is 5.92 Å². The van der Waals surface area contributed by atoms with Gasteiger partial charge in [-0.1, -0.05) is 38.0 Å². The largest absolute Gasteiger partial charge is 0.348 e. The van der Waals surface area contributed by atoms with E-state index in [9.17, 15) is 0 Å². The molecule has 0 aliphatic heterocycles. The molecule has 15 heavy (non-hydrogen) atoms. The third kappa shape index (κ3) is 2.41. The second kappa shape index (κ2) is 4.23. The number of aromatic nitrogens is 1. The summed E-state index contributed by atoms with van der Waals surface area (Å²) in [6, 6.07) is 10.3. The van der Waals surface area contributed by atoms with Crippen molar-refractivity contribution >= 4 is 10.9 Å². The first-order valence-electron chi connectivity index (χ1n) is 5.32. The molecular formula is C14H15N. The maximum atomic E-state index is 3.30. The van der Waals surface area contributed by atoms with Crippen LogP contribution in [-0.4, -0.2) is 4.98 Å². The third-order valence-corrected chi connectivity index (χ3v) is 2.26. The molecule has 0 spiro atoms. The molecule has 0 amide bonds. The molecular weight excluding hydrogens is 182 g/mol. The summed E-state index contributed by atoms with van der Waals surface area (Å²) in [7, 11) is 0. The quantitative estimate of drug-likeness (QED) is 0.673. The highest BCUT2D eigenvalue weighted by atomic mass is 14.7. The molecule has 76 valence electrons. The molecule has 1 heterocycles. The molecule has 0 aliphatic carbocycles. The number of aromatic amines is 1. The van der Waals surface area contributed by atoms with Gasteiger partial charge in [0.2, 0.25) is 0 Å². The Morgan fingerprint density at radius 2 is 2.07 bits per heavy atom. The SMILES string of the molecule is CC(C)CC#Cc1cc2ccccc2[nH]1. The van der Waals surface area contributed by atoms with Gasteiger partial charge in [0.05, 0.1) is 5.69 Å². The fourth-order valence-corrected chi connectivity index (χ4v) is 1.49. The van der Waals surface area contributed by atoms with Crippen LogP contribution in [0.25, 0.3) is 10.9 Å². The highest BCUT2D eigenvalue weighted by Gasteiger charge is 1.95. The first kappa shape index (κ1) is 9.86. The highest BCUT2D eigenvalue weighted by Crippen LogP contribution is 2.13. The monoisotopic (exact) mass is 197 g/mol. The van der Waals surface area contributed by atoms with E-state index in [0.717, 1.165) is 17.6 Å². The van der Waals surface area contributed by atoms with E-state index in [1.165, 1.54) is 5.39 Å². The smallest absolute Gasteiger partial charge is 0.0904 e. The van der Waals surface area contributed by atoms with Crippen LogP contribution in [0.4, 0.5) is 0 Å². The number of para-hydroxylation sites is 1. The summed E-state index contributed by atoms with van der Waals surface area (Å²) in [5, 5.41) is 1.23. The molecule has 0 saturated carbocycles. The normalized spacial score (nSPS) is 10.3. The van der Waals surface area contributed by atoms with Gasteiger partial charge in [0, 0.05) is 17.3 Å². The molecule has 0 atom stereocenters. The predicted octanol–water partition coefficient (Wildman–Crippen LogP) is 3.57. The number of hydrogen-bond acceptors (Lipinski definition) is 0. The maximum absolute atomic E-state index is 3.30. The Morgan fingerprint density at radius 3 is 2.80 bits per heavy atom. The number of H-pyrrole nitrogens is 1. The molecule has 0 unspecified atom stereocenters. The van der Waals surface area contributed by atoms with Crippen LogP contribution in [0.5, 0.6) is 0 Å². The van der Waals surface area contributed by atoms with Crippen LogP contribution >= 0.6 is 0 Å². The van der Waals surface area contributed by atoms with Gasteiger partial charge < -0.3 is 4.98 Å². The lowest BCUT2D eigenvalue weighted by Crippen LogP contribution is -1.82. The van der Waals surface area contributed by atoms with Crippen LogP contribution < -0.4 is 0 Å². The van der Waals surface area contributed by atoms with Gasteiger partial charge in [0.25, 0.3) is 0 Å². The lowest BCUT2D eigenvalue weighted by atomic mass is 10.1. The molecule has 2 rings (SSSR count). The summed E-state index contributed by atoms with van der Waals surface area (Å²) in [6.07, 6.45) is 0.954. The van der Waals surface area contributed by atoms with E-state index in [0.29, 0.717) is 5.92 Å². The summed E-state index contributed by atoms with van der Waals surface area (Å²) in [5.74, 6) is 6.98. The molecule has 1 N–H and O–H groups in total. The van der Waals surface area contributed by atoms with Crippen molar-refractivity contribution in [3.63, 3.8) is 0 Å². The molecule has 1 aromatic heterocycles. The zero-order valence-electron chi connectivity index (χ0n) is 9.17. The number of fused-ring (bicyclic) bond motifs is 1. The Hall–Kier alpha value is -1.68. The van der Waals surface area contributed by atoms with Crippen LogP contribution in [0.3, 0.4) is 0 Å². The van der Waals surface area contributed by atoms with Gasteiger partial charge in [-0.05, 0) is 24.0 Å². The molecule has 1 heteroatoms. The maximum Gasteiger partial charge on any atom is 0.0904 e. The zero-order valence-corrected chi connectivity index (χ0v) is 9.17. The van der Waals surface area contributed by atoms with Gasteiger partial charge in [0.15, 0.2) is 0 Å². The predicted molar refractivity (Wildman–Crippen MR) is 64.6 cm³/mol. The molecule has 2 aromatic rings. The Balaban J connectivity index is 2.24. The number of benzene rings is 1. The molecule has 0 saturated heterocycles. The molecule has 0 bridgehead atoms. The van der Waals surface area contributed by atoms with Crippen molar-refractivity contribution in [1.29, 1.82) is 0 Å². The van der Waals surface area contributed by atoms with E-state index < -0.39 is 0 Å². The number of rotatable bonds is 1. The Bertz CT molecular complexity index is 476. The first-order chi connectivity index (χ1) is 7.25. The minimum Gasteiger partial charge on any atom is -0.348 e.